The second-order valence-corrected chi connectivity index (χ2v) is 4.31. The third-order valence-electron chi connectivity index (χ3n) is 2.62. The van der Waals surface area contributed by atoms with Gasteiger partial charge in [0, 0.05) is 5.02 Å². The minimum absolute atomic E-state index is 0.155. The molecule has 1 aromatic carbocycles. The van der Waals surface area contributed by atoms with Gasteiger partial charge in [-0.3, -0.25) is 0 Å². The highest BCUT2D eigenvalue weighted by molar-refractivity contribution is 6.31. The lowest BCUT2D eigenvalue weighted by Crippen LogP contribution is -2.16. The Balaban J connectivity index is 1.95. The Labute approximate surface area is 113 Å². The number of hydrogen-bond acceptors (Lipinski definition) is 4. The Bertz CT molecular complexity index is 743. The first-order valence-electron chi connectivity index (χ1n) is 5.59. The summed E-state index contributed by atoms with van der Waals surface area (Å²) < 4.78 is 11.4. The van der Waals surface area contributed by atoms with Crippen molar-refractivity contribution < 1.29 is 8.83 Å². The third kappa shape index (κ3) is 2.32. The van der Waals surface area contributed by atoms with Crippen LogP contribution in [0.25, 0.3) is 11.7 Å². The summed E-state index contributed by atoms with van der Waals surface area (Å²) in [6, 6.07) is 10.6. The van der Waals surface area contributed by atoms with E-state index in [2.05, 4.69) is 5.10 Å². The maximum absolute atomic E-state index is 11.7. The lowest BCUT2D eigenvalue weighted by molar-refractivity contribution is 0.476. The summed E-state index contributed by atoms with van der Waals surface area (Å²) in [7, 11) is 0. The van der Waals surface area contributed by atoms with Gasteiger partial charge in [-0.05, 0) is 23.8 Å². The molecule has 0 bridgehead atoms. The number of halogens is 1. The van der Waals surface area contributed by atoms with Crippen LogP contribution in [0.1, 0.15) is 5.56 Å². The first kappa shape index (κ1) is 11.8. The maximum atomic E-state index is 11.7. The van der Waals surface area contributed by atoms with Crippen LogP contribution in [-0.4, -0.2) is 9.78 Å². The van der Waals surface area contributed by atoms with Crippen LogP contribution in [0.2, 0.25) is 5.02 Å². The maximum Gasteiger partial charge on any atom is 0.437 e. The second kappa shape index (κ2) is 4.78. The van der Waals surface area contributed by atoms with Gasteiger partial charge in [0.15, 0.2) is 5.76 Å². The molecule has 0 saturated heterocycles. The van der Waals surface area contributed by atoms with Crippen molar-refractivity contribution in [3.05, 3.63) is 63.8 Å². The molecule has 0 aliphatic carbocycles. The van der Waals surface area contributed by atoms with Crippen molar-refractivity contribution in [2.75, 3.05) is 0 Å². The Morgan fingerprint density at radius 2 is 2.05 bits per heavy atom. The fraction of sp³-hybridized carbons (Fsp3) is 0.0769. The quantitative estimate of drug-likeness (QED) is 0.738. The molecule has 6 heteroatoms. The number of aromatic nitrogens is 2. The van der Waals surface area contributed by atoms with E-state index in [0.717, 1.165) is 5.56 Å². The molecule has 2 aromatic heterocycles. The van der Waals surface area contributed by atoms with Crippen LogP contribution in [0.15, 0.2) is 56.3 Å². The number of rotatable bonds is 3. The van der Waals surface area contributed by atoms with Crippen LogP contribution in [0.5, 0.6) is 0 Å². The topological polar surface area (TPSA) is 61.2 Å². The SMILES string of the molecule is O=c1oc(-c2ccco2)nn1Cc1ccccc1Cl. The molecule has 0 aliphatic rings. The van der Waals surface area contributed by atoms with Gasteiger partial charge in [0.1, 0.15) is 0 Å². The van der Waals surface area contributed by atoms with E-state index < -0.39 is 5.76 Å². The molecule has 0 spiro atoms. The molecule has 3 rings (SSSR count). The van der Waals surface area contributed by atoms with Crippen molar-refractivity contribution in [3.8, 4) is 11.7 Å². The Hall–Kier alpha value is -2.27. The van der Waals surface area contributed by atoms with Gasteiger partial charge < -0.3 is 8.83 Å². The van der Waals surface area contributed by atoms with Gasteiger partial charge in [0.2, 0.25) is 0 Å². The molecular formula is C13H9ClN2O3. The molecule has 0 aliphatic heterocycles. The third-order valence-corrected chi connectivity index (χ3v) is 2.98. The zero-order chi connectivity index (χ0) is 13.2. The fourth-order valence-corrected chi connectivity index (χ4v) is 1.89. The van der Waals surface area contributed by atoms with Crippen molar-refractivity contribution in [1.29, 1.82) is 0 Å². The summed E-state index contributed by atoms with van der Waals surface area (Å²) in [6.45, 7) is 0.253. The molecule has 0 atom stereocenters. The molecule has 0 fully saturated rings. The molecule has 0 radical (unpaired) electrons. The standard InChI is InChI=1S/C13H9ClN2O3/c14-10-5-2-1-4-9(10)8-16-13(17)19-12(15-16)11-6-3-7-18-11/h1-7H,8H2. The van der Waals surface area contributed by atoms with Gasteiger partial charge >= 0.3 is 5.76 Å². The van der Waals surface area contributed by atoms with E-state index in [0.29, 0.717) is 10.8 Å². The van der Waals surface area contributed by atoms with E-state index in [9.17, 15) is 4.79 Å². The van der Waals surface area contributed by atoms with E-state index in [1.54, 1.807) is 18.2 Å². The van der Waals surface area contributed by atoms with Crippen molar-refractivity contribution >= 4 is 11.6 Å². The highest BCUT2D eigenvalue weighted by atomic mass is 35.5. The van der Waals surface area contributed by atoms with E-state index in [4.69, 9.17) is 20.4 Å². The first-order valence-corrected chi connectivity index (χ1v) is 5.97. The Morgan fingerprint density at radius 1 is 1.21 bits per heavy atom. The normalized spacial score (nSPS) is 10.8. The van der Waals surface area contributed by atoms with Crippen molar-refractivity contribution in [1.82, 2.24) is 9.78 Å². The zero-order valence-corrected chi connectivity index (χ0v) is 10.5. The summed E-state index contributed by atoms with van der Waals surface area (Å²) in [5.41, 5.74) is 0.797. The van der Waals surface area contributed by atoms with Gasteiger partial charge in [0.05, 0.1) is 12.8 Å². The smallest absolute Gasteiger partial charge is 0.437 e. The van der Waals surface area contributed by atoms with E-state index in [1.807, 2.05) is 18.2 Å². The fourth-order valence-electron chi connectivity index (χ4n) is 1.69. The van der Waals surface area contributed by atoms with Crippen LogP contribution in [0.4, 0.5) is 0 Å². The lowest BCUT2D eigenvalue weighted by Gasteiger charge is -2.01. The molecule has 19 heavy (non-hydrogen) atoms. The predicted octanol–water partition coefficient (Wildman–Crippen LogP) is 2.80. The van der Waals surface area contributed by atoms with Gasteiger partial charge in [-0.1, -0.05) is 29.8 Å². The minimum atomic E-state index is -0.550. The molecule has 0 unspecified atom stereocenters. The molecule has 0 saturated carbocycles. The Morgan fingerprint density at radius 3 is 2.79 bits per heavy atom. The number of benzene rings is 1. The molecule has 0 N–H and O–H groups in total. The summed E-state index contributed by atoms with van der Waals surface area (Å²) in [5, 5.41) is 4.65. The number of hydrogen-bond donors (Lipinski definition) is 0. The molecule has 0 amide bonds. The minimum Gasteiger partial charge on any atom is -0.459 e. The van der Waals surface area contributed by atoms with Gasteiger partial charge in [-0.15, -0.1) is 5.10 Å². The van der Waals surface area contributed by atoms with Crippen molar-refractivity contribution in [2.24, 2.45) is 0 Å². The van der Waals surface area contributed by atoms with Crippen LogP contribution in [0.3, 0.4) is 0 Å². The zero-order valence-electron chi connectivity index (χ0n) is 9.75. The lowest BCUT2D eigenvalue weighted by atomic mass is 10.2. The summed E-state index contributed by atoms with van der Waals surface area (Å²) in [6.07, 6.45) is 1.49. The molecule has 3 aromatic rings. The number of furan rings is 1. The molecule has 2 heterocycles. The Kier molecular flexibility index (Phi) is 2.97. The second-order valence-electron chi connectivity index (χ2n) is 3.90. The summed E-state index contributed by atoms with van der Waals surface area (Å²) >= 11 is 6.04. The summed E-state index contributed by atoms with van der Waals surface area (Å²) in [5.74, 6) is 0.0170. The van der Waals surface area contributed by atoms with E-state index in [1.165, 1.54) is 10.9 Å². The molecular weight excluding hydrogens is 268 g/mol. The summed E-state index contributed by atoms with van der Waals surface area (Å²) in [4.78, 5) is 11.7. The molecule has 96 valence electrons. The highest BCUT2D eigenvalue weighted by Gasteiger charge is 2.13. The van der Waals surface area contributed by atoms with Crippen LogP contribution < -0.4 is 5.76 Å². The monoisotopic (exact) mass is 276 g/mol. The predicted molar refractivity (Wildman–Crippen MR) is 69.0 cm³/mol. The van der Waals surface area contributed by atoms with Crippen molar-refractivity contribution in [3.63, 3.8) is 0 Å². The van der Waals surface area contributed by atoms with Gasteiger partial charge in [0.25, 0.3) is 5.89 Å². The van der Waals surface area contributed by atoms with Gasteiger partial charge in [-0.25, -0.2) is 4.79 Å². The van der Waals surface area contributed by atoms with E-state index in [-0.39, 0.29) is 12.4 Å². The number of nitrogens with zero attached hydrogens (tertiary/aromatic N) is 2. The highest BCUT2D eigenvalue weighted by Crippen LogP contribution is 2.18. The van der Waals surface area contributed by atoms with Crippen LogP contribution >= 0.6 is 11.6 Å². The van der Waals surface area contributed by atoms with Gasteiger partial charge in [-0.2, -0.15) is 4.68 Å². The largest absolute Gasteiger partial charge is 0.459 e. The average Bonchev–Trinajstić information content (AvgIpc) is 3.02. The van der Waals surface area contributed by atoms with Crippen LogP contribution in [-0.2, 0) is 6.54 Å². The van der Waals surface area contributed by atoms with Crippen LogP contribution in [0, 0.1) is 0 Å². The van der Waals surface area contributed by atoms with E-state index >= 15 is 0 Å². The first-order chi connectivity index (χ1) is 9.24. The average molecular weight is 277 g/mol. The van der Waals surface area contributed by atoms with Crippen molar-refractivity contribution in [2.45, 2.75) is 6.54 Å². The molecule has 5 nitrogen and oxygen atoms in total.